The number of aryl methyl sites for hydroxylation is 2. The number of carbonyl (C=O) groups excluding carboxylic acids is 2. The van der Waals surface area contributed by atoms with Gasteiger partial charge in [0.2, 0.25) is 0 Å². The second-order valence-electron chi connectivity index (χ2n) is 7.53. The van der Waals surface area contributed by atoms with Gasteiger partial charge in [-0.05, 0) is 67.8 Å². The number of nitrogens with zero attached hydrogens (tertiary/aromatic N) is 1. The maximum Gasteiger partial charge on any atom is 0.282 e. The van der Waals surface area contributed by atoms with Crippen molar-refractivity contribution in [2.24, 2.45) is 0 Å². The topological polar surface area (TPSA) is 49.4 Å². The average Bonchev–Trinajstić information content (AvgIpc) is 2.97. The molecule has 4 rings (SSSR count). The van der Waals surface area contributed by atoms with E-state index < -0.39 is 17.6 Å². The van der Waals surface area contributed by atoms with Crippen molar-refractivity contribution in [1.29, 1.82) is 0 Å². The highest BCUT2D eigenvalue weighted by Crippen LogP contribution is 2.37. The van der Waals surface area contributed by atoms with Gasteiger partial charge < -0.3 is 5.32 Å². The van der Waals surface area contributed by atoms with E-state index in [9.17, 15) is 14.0 Å². The lowest BCUT2D eigenvalue weighted by Crippen LogP contribution is -2.33. The monoisotopic (exact) mass is 434 g/mol. The van der Waals surface area contributed by atoms with Crippen LogP contribution in [-0.4, -0.2) is 11.8 Å². The standard InChI is InChI=1S/C25H20ClFN2O2/c1-14-7-12-20(15(2)13-14)28-23-22(17-8-10-18(27)11-9-17)24(30)29(25(23)31)21-6-4-5-19(26)16(21)3/h4-13,28H,1-3H3. The molecule has 2 amide bonds. The minimum Gasteiger partial charge on any atom is -0.350 e. The molecule has 1 aliphatic heterocycles. The predicted molar refractivity (Wildman–Crippen MR) is 122 cm³/mol. The Morgan fingerprint density at radius 3 is 2.29 bits per heavy atom. The molecule has 0 fully saturated rings. The zero-order chi connectivity index (χ0) is 22.3. The van der Waals surface area contributed by atoms with Crippen molar-refractivity contribution in [3.63, 3.8) is 0 Å². The smallest absolute Gasteiger partial charge is 0.282 e. The van der Waals surface area contributed by atoms with E-state index in [2.05, 4.69) is 5.32 Å². The van der Waals surface area contributed by atoms with Crippen molar-refractivity contribution in [2.75, 3.05) is 10.2 Å². The van der Waals surface area contributed by atoms with E-state index in [0.29, 0.717) is 27.5 Å². The van der Waals surface area contributed by atoms with Gasteiger partial charge in [0.1, 0.15) is 11.5 Å². The molecular formula is C25H20ClFN2O2. The number of hydrogen-bond donors (Lipinski definition) is 1. The van der Waals surface area contributed by atoms with Crippen LogP contribution >= 0.6 is 11.6 Å². The maximum absolute atomic E-state index is 13.5. The third-order valence-electron chi connectivity index (χ3n) is 5.34. The number of benzene rings is 3. The van der Waals surface area contributed by atoms with Crippen LogP contribution < -0.4 is 10.2 Å². The normalized spacial score (nSPS) is 13.9. The highest BCUT2D eigenvalue weighted by atomic mass is 35.5. The van der Waals surface area contributed by atoms with Gasteiger partial charge in [-0.1, -0.05) is 47.5 Å². The summed E-state index contributed by atoms with van der Waals surface area (Å²) in [5, 5.41) is 3.61. The molecule has 1 aliphatic rings. The minimum atomic E-state index is -0.491. The molecular weight excluding hydrogens is 415 g/mol. The Bertz CT molecular complexity index is 1250. The first-order valence-electron chi connectivity index (χ1n) is 9.76. The Balaban J connectivity index is 1.87. The van der Waals surface area contributed by atoms with Crippen LogP contribution in [0.1, 0.15) is 22.3 Å². The lowest BCUT2D eigenvalue weighted by atomic mass is 10.0. The summed E-state index contributed by atoms with van der Waals surface area (Å²) in [6.07, 6.45) is 0. The van der Waals surface area contributed by atoms with Gasteiger partial charge in [-0.15, -0.1) is 0 Å². The van der Waals surface area contributed by atoms with Crippen LogP contribution in [0.5, 0.6) is 0 Å². The van der Waals surface area contributed by atoms with Crippen LogP contribution in [0.25, 0.3) is 5.57 Å². The molecule has 3 aromatic rings. The van der Waals surface area contributed by atoms with Crippen molar-refractivity contribution in [3.8, 4) is 0 Å². The Morgan fingerprint density at radius 2 is 1.61 bits per heavy atom. The molecule has 0 aliphatic carbocycles. The van der Waals surface area contributed by atoms with E-state index in [1.165, 1.54) is 24.3 Å². The number of halogens is 2. The SMILES string of the molecule is Cc1ccc(NC2=C(c3ccc(F)cc3)C(=O)N(c3cccc(Cl)c3C)C2=O)c(C)c1. The molecule has 156 valence electrons. The summed E-state index contributed by atoms with van der Waals surface area (Å²) >= 11 is 6.24. The lowest BCUT2D eigenvalue weighted by molar-refractivity contribution is -0.120. The predicted octanol–water partition coefficient (Wildman–Crippen LogP) is 5.80. The van der Waals surface area contributed by atoms with Crippen molar-refractivity contribution in [1.82, 2.24) is 0 Å². The van der Waals surface area contributed by atoms with Crippen molar-refractivity contribution in [3.05, 3.63) is 99.5 Å². The molecule has 0 aromatic heterocycles. The van der Waals surface area contributed by atoms with E-state index in [1.807, 2.05) is 32.0 Å². The zero-order valence-corrected chi connectivity index (χ0v) is 18.0. The summed E-state index contributed by atoms with van der Waals surface area (Å²) in [7, 11) is 0. The second-order valence-corrected chi connectivity index (χ2v) is 7.94. The minimum absolute atomic E-state index is 0.142. The van der Waals surface area contributed by atoms with Crippen LogP contribution in [0.15, 0.2) is 66.4 Å². The summed E-state index contributed by atoms with van der Waals surface area (Å²) in [6, 6.07) is 16.4. The van der Waals surface area contributed by atoms with Crippen molar-refractivity contribution in [2.45, 2.75) is 20.8 Å². The molecule has 0 saturated heterocycles. The van der Waals surface area contributed by atoms with Gasteiger partial charge in [0, 0.05) is 10.7 Å². The number of imide groups is 1. The molecule has 4 nitrogen and oxygen atoms in total. The summed E-state index contributed by atoms with van der Waals surface area (Å²) < 4.78 is 13.5. The Hall–Kier alpha value is -3.44. The van der Waals surface area contributed by atoms with Gasteiger partial charge in [0.15, 0.2) is 0 Å². The highest BCUT2D eigenvalue weighted by molar-refractivity contribution is 6.46. The van der Waals surface area contributed by atoms with Crippen LogP contribution in [0.4, 0.5) is 15.8 Å². The van der Waals surface area contributed by atoms with Crippen LogP contribution in [0.3, 0.4) is 0 Å². The number of nitrogens with one attached hydrogen (secondary N) is 1. The Kier molecular flexibility index (Phi) is 5.38. The second kappa shape index (κ2) is 8.00. The van der Waals surface area contributed by atoms with Crippen LogP contribution in [-0.2, 0) is 9.59 Å². The van der Waals surface area contributed by atoms with Gasteiger partial charge in [-0.3, -0.25) is 9.59 Å². The quantitative estimate of drug-likeness (QED) is 0.528. The first-order chi connectivity index (χ1) is 14.8. The summed E-state index contributed by atoms with van der Waals surface area (Å²) in [5.74, 6) is -1.41. The molecule has 0 saturated carbocycles. The molecule has 3 aromatic carbocycles. The van der Waals surface area contributed by atoms with Gasteiger partial charge in [0.25, 0.3) is 11.8 Å². The van der Waals surface area contributed by atoms with E-state index in [1.54, 1.807) is 25.1 Å². The van der Waals surface area contributed by atoms with Crippen molar-refractivity contribution < 1.29 is 14.0 Å². The first kappa shape index (κ1) is 20.8. The number of rotatable bonds is 4. The Labute approximate surface area is 185 Å². The molecule has 0 bridgehead atoms. The molecule has 1 N–H and O–H groups in total. The number of hydrogen-bond acceptors (Lipinski definition) is 3. The molecule has 0 spiro atoms. The molecule has 1 heterocycles. The van der Waals surface area contributed by atoms with Gasteiger partial charge in [-0.2, -0.15) is 0 Å². The fourth-order valence-electron chi connectivity index (χ4n) is 3.68. The van der Waals surface area contributed by atoms with Gasteiger partial charge in [0.05, 0.1) is 11.3 Å². The number of carbonyl (C=O) groups is 2. The molecule has 31 heavy (non-hydrogen) atoms. The van der Waals surface area contributed by atoms with Crippen molar-refractivity contribution >= 4 is 40.4 Å². The maximum atomic E-state index is 13.5. The summed E-state index contributed by atoms with van der Waals surface area (Å²) in [6.45, 7) is 5.66. The number of anilines is 2. The molecule has 0 unspecified atom stereocenters. The zero-order valence-electron chi connectivity index (χ0n) is 17.3. The van der Waals surface area contributed by atoms with E-state index in [-0.39, 0.29) is 11.3 Å². The number of amides is 2. The van der Waals surface area contributed by atoms with Crippen LogP contribution in [0.2, 0.25) is 5.02 Å². The molecule has 0 radical (unpaired) electrons. The van der Waals surface area contributed by atoms with Crippen LogP contribution in [0, 0.1) is 26.6 Å². The average molecular weight is 435 g/mol. The third kappa shape index (κ3) is 3.73. The first-order valence-corrected chi connectivity index (χ1v) is 10.1. The fourth-order valence-corrected chi connectivity index (χ4v) is 3.85. The van der Waals surface area contributed by atoms with E-state index in [0.717, 1.165) is 16.0 Å². The van der Waals surface area contributed by atoms with Gasteiger partial charge >= 0.3 is 0 Å². The highest BCUT2D eigenvalue weighted by Gasteiger charge is 2.41. The van der Waals surface area contributed by atoms with Gasteiger partial charge in [-0.25, -0.2) is 9.29 Å². The largest absolute Gasteiger partial charge is 0.350 e. The molecule has 6 heteroatoms. The summed E-state index contributed by atoms with van der Waals surface area (Å²) in [4.78, 5) is 28.1. The van der Waals surface area contributed by atoms with E-state index in [4.69, 9.17) is 11.6 Å². The third-order valence-corrected chi connectivity index (χ3v) is 5.75. The Morgan fingerprint density at radius 1 is 0.903 bits per heavy atom. The molecule has 0 atom stereocenters. The van der Waals surface area contributed by atoms with E-state index >= 15 is 0 Å². The summed E-state index contributed by atoms with van der Waals surface area (Å²) in [5.41, 5.74) is 4.55. The lowest BCUT2D eigenvalue weighted by Gasteiger charge is -2.18. The fraction of sp³-hybridized carbons (Fsp3) is 0.120.